The fourth-order valence-corrected chi connectivity index (χ4v) is 3.12. The van der Waals surface area contributed by atoms with Crippen LogP contribution >= 0.6 is 0 Å². The molecule has 0 atom stereocenters. The maximum Gasteiger partial charge on any atom is 0.162 e. The molecule has 2 aliphatic rings. The Morgan fingerprint density at radius 3 is 1.71 bits per heavy atom. The predicted octanol–water partition coefficient (Wildman–Crippen LogP) is 2.71. The molecule has 0 spiro atoms. The summed E-state index contributed by atoms with van der Waals surface area (Å²) in [5, 5.41) is 20.1. The van der Waals surface area contributed by atoms with Gasteiger partial charge >= 0.3 is 0 Å². The minimum Gasteiger partial charge on any atom is -0.512 e. The first-order valence-electron chi connectivity index (χ1n) is 7.31. The number of carbonyl (C=O) groups is 3. The van der Waals surface area contributed by atoms with Crippen molar-refractivity contribution in [2.45, 2.75) is 51.9 Å². The highest BCUT2D eigenvalue weighted by Crippen LogP contribution is 2.37. The Morgan fingerprint density at radius 1 is 0.952 bits per heavy atom. The Hall–Kier alpha value is -1.91. The van der Waals surface area contributed by atoms with Gasteiger partial charge in [-0.1, -0.05) is 0 Å². The van der Waals surface area contributed by atoms with E-state index in [1.165, 1.54) is 6.92 Å². The van der Waals surface area contributed by atoms with Crippen molar-refractivity contribution in [1.82, 2.24) is 0 Å². The number of aliphatic hydroxyl groups excluding tert-OH is 2. The van der Waals surface area contributed by atoms with Gasteiger partial charge in [0.1, 0.15) is 5.78 Å². The van der Waals surface area contributed by atoms with Gasteiger partial charge in [0, 0.05) is 49.2 Å². The van der Waals surface area contributed by atoms with Crippen LogP contribution in [0.3, 0.4) is 0 Å². The summed E-state index contributed by atoms with van der Waals surface area (Å²) in [7, 11) is 0. The molecule has 0 aromatic heterocycles. The molecule has 5 nitrogen and oxygen atoms in total. The first-order valence-corrected chi connectivity index (χ1v) is 7.31. The van der Waals surface area contributed by atoms with Crippen molar-refractivity contribution in [2.24, 2.45) is 5.92 Å². The van der Waals surface area contributed by atoms with E-state index in [0.29, 0.717) is 38.5 Å². The molecule has 0 saturated heterocycles. The smallest absolute Gasteiger partial charge is 0.162 e. The molecule has 2 N–H and O–H groups in total. The Kier molecular flexibility index (Phi) is 4.60. The number of allylic oxidation sites excluding steroid dienone is 4. The molecule has 0 amide bonds. The minimum absolute atomic E-state index is 0.0452. The average molecular weight is 292 g/mol. The summed E-state index contributed by atoms with van der Waals surface area (Å²) < 4.78 is 0. The number of aliphatic hydroxyl groups is 2. The molecular formula is C16H20O5. The molecule has 21 heavy (non-hydrogen) atoms. The van der Waals surface area contributed by atoms with Crippen molar-refractivity contribution < 1.29 is 24.6 Å². The highest BCUT2D eigenvalue weighted by Gasteiger charge is 2.36. The molecule has 0 aromatic rings. The van der Waals surface area contributed by atoms with Crippen LogP contribution in [-0.2, 0) is 14.4 Å². The average Bonchev–Trinajstić information content (AvgIpc) is 2.37. The Labute approximate surface area is 123 Å². The summed E-state index contributed by atoms with van der Waals surface area (Å²) in [6.45, 7) is 1.38. The van der Waals surface area contributed by atoms with Crippen molar-refractivity contribution in [3.05, 3.63) is 22.7 Å². The Balaban J connectivity index is 2.51. The van der Waals surface area contributed by atoms with E-state index in [4.69, 9.17) is 0 Å². The highest BCUT2D eigenvalue weighted by atomic mass is 16.3. The van der Waals surface area contributed by atoms with E-state index in [9.17, 15) is 24.6 Å². The molecule has 0 unspecified atom stereocenters. The molecule has 0 fully saturated rings. The molecule has 114 valence electrons. The summed E-state index contributed by atoms with van der Waals surface area (Å²) in [5.41, 5.74) is 0.293. The molecular weight excluding hydrogens is 272 g/mol. The lowest BCUT2D eigenvalue weighted by molar-refractivity contribution is -0.118. The van der Waals surface area contributed by atoms with Crippen LogP contribution in [0.5, 0.6) is 0 Å². The third kappa shape index (κ3) is 3.23. The molecule has 5 heteroatoms. The van der Waals surface area contributed by atoms with Crippen LogP contribution in [0.25, 0.3) is 0 Å². The van der Waals surface area contributed by atoms with E-state index < -0.39 is 5.92 Å². The van der Waals surface area contributed by atoms with Crippen molar-refractivity contribution in [3.63, 3.8) is 0 Å². The summed E-state index contributed by atoms with van der Waals surface area (Å²) >= 11 is 0. The van der Waals surface area contributed by atoms with Crippen molar-refractivity contribution in [2.75, 3.05) is 0 Å². The van der Waals surface area contributed by atoms with Gasteiger partial charge in [0.15, 0.2) is 11.6 Å². The first kappa shape index (κ1) is 15.5. The van der Waals surface area contributed by atoms with E-state index in [1.54, 1.807) is 0 Å². The summed E-state index contributed by atoms with van der Waals surface area (Å²) in [5.74, 6) is -1.54. The second-order valence-electron chi connectivity index (χ2n) is 5.73. The molecule has 0 bridgehead atoms. The van der Waals surface area contributed by atoms with E-state index in [1.807, 2.05) is 0 Å². The van der Waals surface area contributed by atoms with Crippen molar-refractivity contribution in [3.8, 4) is 0 Å². The van der Waals surface area contributed by atoms with Crippen molar-refractivity contribution in [1.29, 1.82) is 0 Å². The normalized spacial score (nSPS) is 20.5. The van der Waals surface area contributed by atoms with Gasteiger partial charge in [-0.25, -0.2) is 0 Å². The fourth-order valence-electron chi connectivity index (χ4n) is 3.12. The molecule has 0 aliphatic heterocycles. The highest BCUT2D eigenvalue weighted by molar-refractivity contribution is 6.04. The standard InChI is InChI=1S/C16H20O5/c1-9(17)8-10(15-11(18)4-2-5-12(15)19)16-13(20)6-3-7-14(16)21/h10,18,20H,2-8H2,1H3. The van der Waals surface area contributed by atoms with E-state index in [-0.39, 0.29) is 46.4 Å². The summed E-state index contributed by atoms with van der Waals surface area (Å²) in [6, 6.07) is 0. The van der Waals surface area contributed by atoms with E-state index in [2.05, 4.69) is 0 Å². The van der Waals surface area contributed by atoms with Gasteiger partial charge in [0.2, 0.25) is 0 Å². The van der Waals surface area contributed by atoms with Crippen molar-refractivity contribution >= 4 is 17.3 Å². The molecule has 0 radical (unpaired) electrons. The maximum absolute atomic E-state index is 12.1. The molecule has 0 aromatic carbocycles. The lowest BCUT2D eigenvalue weighted by Gasteiger charge is -2.27. The summed E-state index contributed by atoms with van der Waals surface area (Å²) in [6.07, 6.45) is 2.44. The number of ketones is 3. The number of rotatable bonds is 4. The third-order valence-electron chi connectivity index (χ3n) is 4.05. The quantitative estimate of drug-likeness (QED) is 0.831. The largest absolute Gasteiger partial charge is 0.512 e. The topological polar surface area (TPSA) is 91.7 Å². The van der Waals surface area contributed by atoms with Crippen LogP contribution in [-0.4, -0.2) is 27.6 Å². The second-order valence-corrected chi connectivity index (χ2v) is 5.73. The number of carbonyl (C=O) groups excluding carboxylic acids is 3. The number of hydrogen-bond donors (Lipinski definition) is 2. The number of hydrogen-bond acceptors (Lipinski definition) is 5. The fraction of sp³-hybridized carbons (Fsp3) is 0.562. The predicted molar refractivity (Wildman–Crippen MR) is 75.8 cm³/mol. The third-order valence-corrected chi connectivity index (χ3v) is 4.05. The lowest BCUT2D eigenvalue weighted by Crippen LogP contribution is -2.28. The molecule has 2 rings (SSSR count). The lowest BCUT2D eigenvalue weighted by atomic mass is 9.76. The molecule has 2 aliphatic carbocycles. The minimum atomic E-state index is -0.803. The molecule has 0 heterocycles. The van der Waals surface area contributed by atoms with Crippen LogP contribution in [0.15, 0.2) is 22.7 Å². The number of Topliss-reactive ketones (excluding diaryl/α,β-unsaturated/α-hetero) is 3. The monoisotopic (exact) mass is 292 g/mol. The SMILES string of the molecule is CC(=O)CC(C1=C(O)CCCC1=O)C1=C(O)CCCC1=O. The van der Waals surface area contributed by atoms with Gasteiger partial charge in [-0.3, -0.25) is 14.4 Å². The first-order chi connectivity index (χ1) is 9.91. The second kappa shape index (κ2) is 6.24. The van der Waals surface area contributed by atoms with Crippen LogP contribution in [0.4, 0.5) is 0 Å². The maximum atomic E-state index is 12.1. The van der Waals surface area contributed by atoms with Gasteiger partial charge < -0.3 is 10.2 Å². The zero-order valence-corrected chi connectivity index (χ0v) is 12.1. The zero-order valence-electron chi connectivity index (χ0n) is 12.1. The zero-order chi connectivity index (χ0) is 15.6. The van der Waals surface area contributed by atoms with Gasteiger partial charge in [0.25, 0.3) is 0 Å². The van der Waals surface area contributed by atoms with Gasteiger partial charge in [-0.05, 0) is 19.8 Å². The van der Waals surface area contributed by atoms with E-state index in [0.717, 1.165) is 0 Å². The van der Waals surface area contributed by atoms with Crippen LogP contribution in [0.1, 0.15) is 51.9 Å². The van der Waals surface area contributed by atoms with Crippen LogP contribution in [0.2, 0.25) is 0 Å². The summed E-state index contributed by atoms with van der Waals surface area (Å²) in [4.78, 5) is 35.8. The Bertz CT molecular complexity index is 511. The van der Waals surface area contributed by atoms with Gasteiger partial charge in [-0.2, -0.15) is 0 Å². The molecule has 0 saturated carbocycles. The van der Waals surface area contributed by atoms with Gasteiger partial charge in [0.05, 0.1) is 11.5 Å². The van der Waals surface area contributed by atoms with Crippen LogP contribution < -0.4 is 0 Å². The Morgan fingerprint density at radius 2 is 1.38 bits per heavy atom. The van der Waals surface area contributed by atoms with Gasteiger partial charge in [-0.15, -0.1) is 0 Å². The van der Waals surface area contributed by atoms with Crippen LogP contribution in [0, 0.1) is 5.92 Å². The van der Waals surface area contributed by atoms with E-state index >= 15 is 0 Å².